The van der Waals surface area contributed by atoms with E-state index in [1.807, 2.05) is 32.0 Å². The van der Waals surface area contributed by atoms with Crippen molar-refractivity contribution in [2.45, 2.75) is 45.8 Å². The summed E-state index contributed by atoms with van der Waals surface area (Å²) in [5.41, 5.74) is -0.524. The summed E-state index contributed by atoms with van der Waals surface area (Å²) in [5, 5.41) is 0.831. The molecule has 0 saturated heterocycles. The first-order valence-corrected chi connectivity index (χ1v) is 10.3. The average Bonchev–Trinajstić information content (AvgIpc) is 2.72. The molecule has 0 atom stereocenters. The molecule has 0 spiro atoms. The Labute approximate surface area is 187 Å². The van der Waals surface area contributed by atoms with Crippen molar-refractivity contribution in [2.75, 3.05) is 18.6 Å². The summed E-state index contributed by atoms with van der Waals surface area (Å²) in [6, 6.07) is 10.3. The van der Waals surface area contributed by atoms with Gasteiger partial charge in [-0.2, -0.15) is 0 Å². The highest BCUT2D eigenvalue weighted by atomic mass is 16.6. The van der Waals surface area contributed by atoms with Gasteiger partial charge in [-0.3, -0.25) is 14.7 Å². The Morgan fingerprint density at radius 2 is 1.84 bits per heavy atom. The topological polar surface area (TPSA) is 93.7 Å². The Morgan fingerprint density at radius 1 is 1.09 bits per heavy atom. The number of anilines is 1. The Balaban J connectivity index is 1.91. The molecule has 0 unspecified atom stereocenters. The number of nitrogens with one attached hydrogen (secondary N) is 1. The first-order chi connectivity index (χ1) is 15.0. The minimum Gasteiger partial charge on any atom is -0.497 e. The maximum absolute atomic E-state index is 13.1. The molecule has 0 aliphatic carbocycles. The number of hydrogen-bond donors (Lipinski definition) is 1. The van der Waals surface area contributed by atoms with E-state index in [0.29, 0.717) is 17.2 Å². The summed E-state index contributed by atoms with van der Waals surface area (Å²) >= 11 is 0. The highest BCUT2D eigenvalue weighted by Crippen LogP contribution is 2.30. The summed E-state index contributed by atoms with van der Waals surface area (Å²) in [4.78, 5) is 33.1. The number of fused-ring (bicyclic) bond motifs is 1. The van der Waals surface area contributed by atoms with Crippen LogP contribution in [-0.4, -0.2) is 40.9 Å². The minimum atomic E-state index is -0.817. The van der Waals surface area contributed by atoms with Gasteiger partial charge in [0.25, 0.3) is 0 Å². The lowest BCUT2D eigenvalue weighted by atomic mass is 10.0. The van der Waals surface area contributed by atoms with Crippen molar-refractivity contribution in [2.24, 2.45) is 0 Å². The number of methoxy groups -OCH3 is 1. The van der Waals surface area contributed by atoms with Gasteiger partial charge in [-0.15, -0.1) is 0 Å². The van der Waals surface area contributed by atoms with Crippen LogP contribution in [0.15, 0.2) is 53.6 Å². The number of carbonyl (C=O) groups is 1. The number of carbonyl (C=O) groups excluding carboxylic acids is 1. The molecular weight excluding hydrogens is 410 g/mol. The van der Waals surface area contributed by atoms with E-state index < -0.39 is 17.2 Å². The number of rotatable bonds is 6. The molecule has 8 heteroatoms. The molecule has 0 aliphatic rings. The highest BCUT2D eigenvalue weighted by Gasteiger charge is 2.36. The lowest BCUT2D eigenvalue weighted by Crippen LogP contribution is -2.53. The number of nitrogens with zero attached hydrogens (tertiary/aromatic N) is 2. The normalized spacial score (nSPS) is 11.8. The Kier molecular flexibility index (Phi) is 6.43. The molecule has 0 fully saturated rings. The highest BCUT2D eigenvalue weighted by molar-refractivity contribution is 5.89. The third-order valence-electron chi connectivity index (χ3n) is 4.70. The summed E-state index contributed by atoms with van der Waals surface area (Å²) < 4.78 is 17.1. The van der Waals surface area contributed by atoms with Crippen LogP contribution in [0.1, 0.15) is 34.6 Å². The Hall–Kier alpha value is -3.55. The van der Waals surface area contributed by atoms with Crippen LogP contribution in [0.3, 0.4) is 0 Å². The fraction of sp³-hybridized carbons (Fsp3) is 0.375. The molecule has 3 rings (SSSR count). The van der Waals surface area contributed by atoms with Crippen molar-refractivity contribution < 1.29 is 19.0 Å². The van der Waals surface area contributed by atoms with Crippen LogP contribution in [-0.2, 0) is 4.74 Å². The predicted octanol–water partition coefficient (Wildman–Crippen LogP) is 4.53. The van der Waals surface area contributed by atoms with Crippen LogP contribution in [0.25, 0.3) is 10.9 Å². The lowest BCUT2D eigenvalue weighted by Gasteiger charge is -2.38. The molecule has 1 aromatic carbocycles. The summed E-state index contributed by atoms with van der Waals surface area (Å²) in [7, 11) is 1.60. The van der Waals surface area contributed by atoms with Gasteiger partial charge in [-0.1, -0.05) is 0 Å². The van der Waals surface area contributed by atoms with E-state index in [4.69, 9.17) is 14.2 Å². The van der Waals surface area contributed by atoms with Crippen molar-refractivity contribution in [1.29, 1.82) is 0 Å². The molecule has 8 nitrogen and oxygen atoms in total. The molecule has 0 saturated carbocycles. The second-order valence-corrected chi connectivity index (χ2v) is 9.02. The van der Waals surface area contributed by atoms with Gasteiger partial charge in [0.05, 0.1) is 23.9 Å². The maximum atomic E-state index is 13.1. The second-order valence-electron chi connectivity index (χ2n) is 9.02. The minimum absolute atomic E-state index is 0.163. The fourth-order valence-corrected chi connectivity index (χ4v) is 3.22. The van der Waals surface area contributed by atoms with E-state index in [1.54, 1.807) is 46.2 Å². The van der Waals surface area contributed by atoms with Crippen LogP contribution >= 0.6 is 0 Å². The molecule has 2 aromatic heterocycles. The largest absolute Gasteiger partial charge is 0.497 e. The first kappa shape index (κ1) is 23.1. The molecule has 170 valence electrons. The first-order valence-electron chi connectivity index (χ1n) is 10.3. The standard InChI is InChI=1S/C24H29N3O5/c1-23(2,3)32-22(29)27(16-7-10-21(28)26-14-16)24(4,5)15-31-20-11-12-25-19-13-17(30-6)8-9-18(19)20/h7-14H,15H2,1-6H3,(H,26,28). The SMILES string of the molecule is COc1ccc2c(OCC(C)(C)N(C(=O)OC(C)(C)C)c3ccc(=O)[nH]c3)ccnc2c1. The van der Waals surface area contributed by atoms with Crippen LogP contribution in [0.5, 0.6) is 11.5 Å². The van der Waals surface area contributed by atoms with Crippen molar-refractivity contribution >= 4 is 22.7 Å². The van der Waals surface area contributed by atoms with E-state index in [1.165, 1.54) is 17.2 Å². The number of ether oxygens (including phenoxy) is 3. The van der Waals surface area contributed by atoms with E-state index in [0.717, 1.165) is 10.9 Å². The van der Waals surface area contributed by atoms with Gasteiger partial charge in [-0.05, 0) is 58.9 Å². The van der Waals surface area contributed by atoms with E-state index >= 15 is 0 Å². The van der Waals surface area contributed by atoms with Crippen molar-refractivity contribution in [3.05, 3.63) is 59.1 Å². The molecule has 0 radical (unpaired) electrons. The maximum Gasteiger partial charge on any atom is 0.415 e. The van der Waals surface area contributed by atoms with Gasteiger partial charge in [0, 0.05) is 29.9 Å². The van der Waals surface area contributed by atoms with Crippen LogP contribution in [0, 0.1) is 0 Å². The van der Waals surface area contributed by atoms with Gasteiger partial charge in [-0.25, -0.2) is 4.79 Å². The fourth-order valence-electron chi connectivity index (χ4n) is 3.22. The summed E-state index contributed by atoms with van der Waals surface area (Å²) in [5.74, 6) is 1.34. The molecule has 0 bridgehead atoms. The van der Waals surface area contributed by atoms with Crippen LogP contribution < -0.4 is 19.9 Å². The molecular formula is C24H29N3O5. The number of benzene rings is 1. The van der Waals surface area contributed by atoms with Crippen LogP contribution in [0.2, 0.25) is 0 Å². The predicted molar refractivity (Wildman–Crippen MR) is 124 cm³/mol. The van der Waals surface area contributed by atoms with Crippen molar-refractivity contribution in [1.82, 2.24) is 9.97 Å². The number of hydrogen-bond acceptors (Lipinski definition) is 6. The number of pyridine rings is 2. The number of aromatic nitrogens is 2. The summed E-state index contributed by atoms with van der Waals surface area (Å²) in [6.45, 7) is 9.31. The zero-order valence-corrected chi connectivity index (χ0v) is 19.3. The van der Waals surface area contributed by atoms with Gasteiger partial charge in [0.2, 0.25) is 5.56 Å². The lowest BCUT2D eigenvalue weighted by molar-refractivity contribution is 0.0525. The second kappa shape index (κ2) is 8.90. The Morgan fingerprint density at radius 3 is 2.47 bits per heavy atom. The molecule has 0 aliphatic heterocycles. The zero-order valence-electron chi connectivity index (χ0n) is 19.3. The monoisotopic (exact) mass is 439 g/mol. The Bertz CT molecular complexity index is 1140. The number of aromatic amines is 1. The van der Waals surface area contributed by atoms with Gasteiger partial charge in [0.1, 0.15) is 23.7 Å². The number of H-pyrrole nitrogens is 1. The average molecular weight is 440 g/mol. The molecule has 1 amide bonds. The van der Waals surface area contributed by atoms with E-state index in [-0.39, 0.29) is 12.2 Å². The molecule has 32 heavy (non-hydrogen) atoms. The van der Waals surface area contributed by atoms with Crippen molar-refractivity contribution in [3.63, 3.8) is 0 Å². The molecule has 3 aromatic rings. The number of amides is 1. The van der Waals surface area contributed by atoms with E-state index in [9.17, 15) is 9.59 Å². The van der Waals surface area contributed by atoms with Crippen molar-refractivity contribution in [3.8, 4) is 11.5 Å². The zero-order chi connectivity index (χ0) is 23.5. The van der Waals surface area contributed by atoms with Crippen LogP contribution in [0.4, 0.5) is 10.5 Å². The van der Waals surface area contributed by atoms with Gasteiger partial charge < -0.3 is 19.2 Å². The quantitative estimate of drug-likeness (QED) is 0.606. The third-order valence-corrected chi connectivity index (χ3v) is 4.70. The van der Waals surface area contributed by atoms with Gasteiger partial charge in [0.15, 0.2) is 0 Å². The molecule has 1 N–H and O–H groups in total. The third kappa shape index (κ3) is 5.38. The molecule has 2 heterocycles. The summed E-state index contributed by atoms with van der Waals surface area (Å²) in [6.07, 6.45) is 2.61. The smallest absolute Gasteiger partial charge is 0.415 e. The van der Waals surface area contributed by atoms with E-state index in [2.05, 4.69) is 9.97 Å². The van der Waals surface area contributed by atoms with Gasteiger partial charge >= 0.3 is 6.09 Å².